The molecule has 0 aromatic heterocycles. The molecule has 0 spiro atoms. The highest BCUT2D eigenvalue weighted by atomic mass is 16.5. The van der Waals surface area contributed by atoms with E-state index in [1.165, 1.54) is 11.6 Å². The van der Waals surface area contributed by atoms with Gasteiger partial charge in [0.05, 0.1) is 34.5 Å². The summed E-state index contributed by atoms with van der Waals surface area (Å²) in [4.78, 5) is 14.7. The van der Waals surface area contributed by atoms with Crippen LogP contribution in [-0.4, -0.2) is 58.4 Å². The van der Waals surface area contributed by atoms with E-state index in [-0.39, 0.29) is 5.91 Å². The number of morpholine rings is 1. The Labute approximate surface area is 177 Å². The number of carbonyl (C=O) groups excluding carboxylic acids is 1. The highest BCUT2D eigenvalue weighted by Gasteiger charge is 2.13. The van der Waals surface area contributed by atoms with Crippen molar-refractivity contribution in [1.29, 1.82) is 0 Å². The number of hydrogen-bond acceptors (Lipinski definition) is 6. The van der Waals surface area contributed by atoms with E-state index in [0.717, 1.165) is 44.1 Å². The first-order valence-electron chi connectivity index (χ1n) is 9.81. The molecule has 30 heavy (non-hydrogen) atoms. The van der Waals surface area contributed by atoms with Crippen LogP contribution >= 0.6 is 0 Å². The van der Waals surface area contributed by atoms with E-state index in [1.54, 1.807) is 39.5 Å². The third kappa shape index (κ3) is 5.75. The molecule has 3 rings (SSSR count). The fourth-order valence-electron chi connectivity index (χ4n) is 3.26. The zero-order chi connectivity index (χ0) is 21.3. The van der Waals surface area contributed by atoms with Gasteiger partial charge in [0.25, 0.3) is 0 Å². The molecule has 0 unspecified atom stereocenters. The third-order valence-electron chi connectivity index (χ3n) is 4.85. The normalized spacial score (nSPS) is 14.5. The molecule has 0 aliphatic carbocycles. The van der Waals surface area contributed by atoms with E-state index in [0.29, 0.717) is 17.2 Å². The van der Waals surface area contributed by atoms with Gasteiger partial charge in [-0.3, -0.25) is 9.69 Å². The number of methoxy groups -OCH3 is 3. The maximum absolute atomic E-state index is 12.3. The Morgan fingerprint density at radius 3 is 2.23 bits per heavy atom. The molecule has 1 aliphatic rings. The standard InChI is InChI=1S/C23H28N2O5/c1-27-20-14-18(15-21(28-2)23(20)29-3)6-9-22(26)24-19-7-4-17(5-8-19)16-25-10-12-30-13-11-25/h4-9,14-15H,10-13,16H2,1-3H3,(H,24,26)/b9-6+. The number of carbonyl (C=O) groups is 1. The Bertz CT molecular complexity index is 849. The molecule has 1 saturated heterocycles. The summed E-state index contributed by atoms with van der Waals surface area (Å²) in [6.45, 7) is 4.35. The van der Waals surface area contributed by atoms with Crippen LogP contribution in [0.25, 0.3) is 6.08 Å². The average Bonchev–Trinajstić information content (AvgIpc) is 2.78. The van der Waals surface area contributed by atoms with Gasteiger partial charge < -0.3 is 24.3 Å². The van der Waals surface area contributed by atoms with Gasteiger partial charge in [-0.25, -0.2) is 0 Å². The van der Waals surface area contributed by atoms with Crippen molar-refractivity contribution in [2.45, 2.75) is 6.54 Å². The third-order valence-corrected chi connectivity index (χ3v) is 4.85. The minimum atomic E-state index is -0.218. The molecule has 7 nitrogen and oxygen atoms in total. The lowest BCUT2D eigenvalue weighted by atomic mass is 10.1. The summed E-state index contributed by atoms with van der Waals surface area (Å²) in [5.74, 6) is 1.36. The summed E-state index contributed by atoms with van der Waals surface area (Å²) in [6.07, 6.45) is 3.18. The van der Waals surface area contributed by atoms with Crippen LogP contribution in [-0.2, 0) is 16.1 Å². The van der Waals surface area contributed by atoms with Gasteiger partial charge in [0.15, 0.2) is 11.5 Å². The molecule has 1 aliphatic heterocycles. The Morgan fingerprint density at radius 2 is 1.67 bits per heavy atom. The molecule has 1 heterocycles. The number of ether oxygens (including phenoxy) is 4. The van der Waals surface area contributed by atoms with Gasteiger partial charge in [-0.2, -0.15) is 0 Å². The van der Waals surface area contributed by atoms with Gasteiger partial charge in [0, 0.05) is 31.4 Å². The maximum Gasteiger partial charge on any atom is 0.248 e. The van der Waals surface area contributed by atoms with Gasteiger partial charge in [0.1, 0.15) is 0 Å². The van der Waals surface area contributed by atoms with Gasteiger partial charge in [-0.1, -0.05) is 12.1 Å². The van der Waals surface area contributed by atoms with Crippen LogP contribution in [0.3, 0.4) is 0 Å². The zero-order valence-corrected chi connectivity index (χ0v) is 17.6. The lowest BCUT2D eigenvalue weighted by molar-refractivity contribution is -0.111. The molecule has 0 bridgehead atoms. The predicted octanol–water partition coefficient (Wildman–Crippen LogP) is 3.20. The highest BCUT2D eigenvalue weighted by molar-refractivity contribution is 6.02. The van der Waals surface area contributed by atoms with Crippen LogP contribution in [0.4, 0.5) is 5.69 Å². The highest BCUT2D eigenvalue weighted by Crippen LogP contribution is 2.38. The van der Waals surface area contributed by atoms with E-state index < -0.39 is 0 Å². The van der Waals surface area contributed by atoms with Crippen LogP contribution < -0.4 is 19.5 Å². The fraction of sp³-hybridized carbons (Fsp3) is 0.348. The summed E-state index contributed by atoms with van der Waals surface area (Å²) < 4.78 is 21.4. The molecule has 7 heteroatoms. The molecule has 0 atom stereocenters. The summed E-state index contributed by atoms with van der Waals surface area (Å²) in [7, 11) is 4.66. The van der Waals surface area contributed by atoms with E-state index in [2.05, 4.69) is 10.2 Å². The SMILES string of the molecule is COc1cc(/C=C/C(=O)Nc2ccc(CN3CCOCC3)cc2)cc(OC)c1OC. The Morgan fingerprint density at radius 1 is 1.03 bits per heavy atom. The number of benzene rings is 2. The first-order chi connectivity index (χ1) is 14.6. The Kier molecular flexibility index (Phi) is 7.70. The van der Waals surface area contributed by atoms with Crippen LogP contribution in [0.2, 0.25) is 0 Å². The van der Waals surface area contributed by atoms with Crippen LogP contribution in [0.1, 0.15) is 11.1 Å². The van der Waals surface area contributed by atoms with Crippen molar-refractivity contribution in [3.63, 3.8) is 0 Å². The number of rotatable bonds is 8. The minimum absolute atomic E-state index is 0.218. The summed E-state index contributed by atoms with van der Waals surface area (Å²) in [6, 6.07) is 11.5. The topological polar surface area (TPSA) is 69.3 Å². The second-order valence-electron chi connectivity index (χ2n) is 6.87. The first kappa shape index (κ1) is 21.7. The first-order valence-corrected chi connectivity index (χ1v) is 9.81. The van der Waals surface area contributed by atoms with Crippen molar-refractivity contribution in [2.75, 3.05) is 52.9 Å². The molecule has 2 aromatic rings. The quantitative estimate of drug-likeness (QED) is 0.672. The lowest BCUT2D eigenvalue weighted by Gasteiger charge is -2.26. The van der Waals surface area contributed by atoms with Gasteiger partial charge in [-0.05, 0) is 41.5 Å². The summed E-state index contributed by atoms with van der Waals surface area (Å²) in [5, 5.41) is 2.88. The molecule has 2 aromatic carbocycles. The van der Waals surface area contributed by atoms with Crippen LogP contribution in [0.5, 0.6) is 17.2 Å². The van der Waals surface area contributed by atoms with E-state index in [1.807, 2.05) is 24.3 Å². The number of anilines is 1. The Hall–Kier alpha value is -3.03. The molecule has 0 saturated carbocycles. The van der Waals surface area contributed by atoms with Gasteiger partial charge in [-0.15, -0.1) is 0 Å². The van der Waals surface area contributed by atoms with Gasteiger partial charge >= 0.3 is 0 Å². The Balaban J connectivity index is 1.60. The van der Waals surface area contributed by atoms with Crippen molar-refractivity contribution in [1.82, 2.24) is 4.90 Å². The molecule has 1 N–H and O–H groups in total. The van der Waals surface area contributed by atoms with Crippen molar-refractivity contribution >= 4 is 17.7 Å². The summed E-state index contributed by atoms with van der Waals surface area (Å²) in [5.41, 5.74) is 2.73. The van der Waals surface area contributed by atoms with Crippen molar-refractivity contribution in [3.05, 3.63) is 53.6 Å². The van der Waals surface area contributed by atoms with E-state index >= 15 is 0 Å². The van der Waals surface area contributed by atoms with E-state index in [4.69, 9.17) is 18.9 Å². The lowest BCUT2D eigenvalue weighted by Crippen LogP contribution is -2.35. The van der Waals surface area contributed by atoms with Crippen LogP contribution in [0.15, 0.2) is 42.5 Å². The summed E-state index contributed by atoms with van der Waals surface area (Å²) >= 11 is 0. The number of nitrogens with one attached hydrogen (secondary N) is 1. The molecule has 1 amide bonds. The fourth-order valence-corrected chi connectivity index (χ4v) is 3.26. The van der Waals surface area contributed by atoms with E-state index in [9.17, 15) is 4.79 Å². The predicted molar refractivity (Wildman–Crippen MR) is 116 cm³/mol. The largest absolute Gasteiger partial charge is 0.493 e. The van der Waals surface area contributed by atoms with Crippen LogP contribution in [0, 0.1) is 0 Å². The van der Waals surface area contributed by atoms with Crippen molar-refractivity contribution in [3.8, 4) is 17.2 Å². The molecule has 160 valence electrons. The number of nitrogens with zero attached hydrogens (tertiary/aromatic N) is 1. The van der Waals surface area contributed by atoms with Crippen molar-refractivity contribution in [2.24, 2.45) is 0 Å². The second kappa shape index (κ2) is 10.7. The zero-order valence-electron chi connectivity index (χ0n) is 17.6. The average molecular weight is 412 g/mol. The minimum Gasteiger partial charge on any atom is -0.493 e. The molecule has 0 radical (unpaired) electrons. The molecular formula is C23H28N2O5. The molecular weight excluding hydrogens is 384 g/mol. The molecule has 1 fully saturated rings. The number of hydrogen-bond donors (Lipinski definition) is 1. The second-order valence-corrected chi connectivity index (χ2v) is 6.87. The number of amides is 1. The van der Waals surface area contributed by atoms with Crippen molar-refractivity contribution < 1.29 is 23.7 Å². The maximum atomic E-state index is 12.3. The van der Waals surface area contributed by atoms with Gasteiger partial charge in [0.2, 0.25) is 11.7 Å². The monoisotopic (exact) mass is 412 g/mol. The smallest absolute Gasteiger partial charge is 0.248 e.